The fourth-order valence-electron chi connectivity index (χ4n) is 3.16. The van der Waals surface area contributed by atoms with Gasteiger partial charge in [0.1, 0.15) is 12.9 Å². The van der Waals surface area contributed by atoms with Crippen molar-refractivity contribution in [1.29, 1.82) is 0 Å². The monoisotopic (exact) mass is 347 g/mol. The molecule has 2 aromatic rings. The van der Waals surface area contributed by atoms with E-state index in [9.17, 15) is 4.39 Å². The van der Waals surface area contributed by atoms with Crippen molar-refractivity contribution in [3.05, 3.63) is 52.2 Å². The number of aromatic nitrogens is 1. The van der Waals surface area contributed by atoms with Gasteiger partial charge in [-0.1, -0.05) is 17.3 Å². The van der Waals surface area contributed by atoms with Crippen LogP contribution < -0.4 is 0 Å². The normalized spacial score (nSPS) is 19.4. The largest absolute Gasteiger partial charge is 0.399 e. The molecule has 1 fully saturated rings. The lowest BCUT2D eigenvalue weighted by molar-refractivity contribution is 0.203. The van der Waals surface area contributed by atoms with Crippen molar-refractivity contribution in [2.24, 2.45) is 5.16 Å². The van der Waals surface area contributed by atoms with E-state index in [2.05, 4.69) is 15.0 Å². The Morgan fingerprint density at radius 2 is 2.25 bits per heavy atom. The average molecular weight is 347 g/mol. The molecule has 128 valence electrons. The van der Waals surface area contributed by atoms with E-state index >= 15 is 0 Å². The Hall–Kier alpha value is -1.79. The molecule has 6 heteroatoms. The molecule has 1 unspecified atom stereocenters. The number of hydrogen-bond acceptors (Lipinski definition) is 5. The van der Waals surface area contributed by atoms with Crippen molar-refractivity contribution in [2.75, 3.05) is 26.7 Å². The quantitative estimate of drug-likeness (QED) is 0.587. The third kappa shape index (κ3) is 4.39. The Bertz CT molecular complexity index is 657. The second kappa shape index (κ2) is 8.35. The molecule has 1 aromatic carbocycles. The molecule has 24 heavy (non-hydrogen) atoms. The van der Waals surface area contributed by atoms with Crippen LogP contribution in [0, 0.1) is 5.82 Å². The minimum absolute atomic E-state index is 0.238. The van der Waals surface area contributed by atoms with Crippen LogP contribution in [0.4, 0.5) is 4.39 Å². The third-order valence-corrected chi connectivity index (χ3v) is 5.29. The molecular weight excluding hydrogens is 325 g/mol. The second-order valence-electron chi connectivity index (χ2n) is 5.99. The summed E-state index contributed by atoms with van der Waals surface area (Å²) in [6.07, 6.45) is 5.07. The maximum Gasteiger partial charge on any atom is 0.123 e. The first-order valence-corrected chi connectivity index (χ1v) is 9.12. The molecule has 1 aromatic heterocycles. The first-order chi connectivity index (χ1) is 11.8. The highest BCUT2D eigenvalue weighted by atomic mass is 32.1. The number of thiazole rings is 1. The van der Waals surface area contributed by atoms with Crippen LogP contribution in [-0.2, 0) is 4.84 Å². The van der Waals surface area contributed by atoms with Crippen LogP contribution in [0.15, 0.2) is 41.0 Å². The van der Waals surface area contributed by atoms with Crippen molar-refractivity contribution in [1.82, 2.24) is 9.88 Å². The molecule has 1 atom stereocenters. The minimum Gasteiger partial charge on any atom is -0.399 e. The van der Waals surface area contributed by atoms with Gasteiger partial charge in [-0.05, 0) is 37.1 Å². The zero-order valence-electron chi connectivity index (χ0n) is 13.8. The van der Waals surface area contributed by atoms with E-state index in [0.717, 1.165) is 37.3 Å². The summed E-state index contributed by atoms with van der Waals surface area (Å²) >= 11 is 1.75. The van der Waals surface area contributed by atoms with Crippen LogP contribution >= 0.6 is 11.3 Å². The lowest BCUT2D eigenvalue weighted by Crippen LogP contribution is -2.35. The predicted octanol–water partition coefficient (Wildman–Crippen LogP) is 3.90. The molecule has 4 nitrogen and oxygen atoms in total. The molecule has 0 spiro atoms. The summed E-state index contributed by atoms with van der Waals surface area (Å²) in [4.78, 5) is 11.9. The number of likely N-dealkylation sites (tertiary alicyclic amines) is 1. The molecule has 0 N–H and O–H groups in total. The lowest BCUT2D eigenvalue weighted by atomic mass is 9.98. The summed E-state index contributed by atoms with van der Waals surface area (Å²) in [7, 11) is 1.54. The Kier molecular flexibility index (Phi) is 5.93. The molecule has 3 rings (SSSR count). The lowest BCUT2D eigenvalue weighted by Gasteiger charge is -2.31. The highest BCUT2D eigenvalue weighted by Crippen LogP contribution is 2.28. The highest BCUT2D eigenvalue weighted by Gasteiger charge is 2.23. The Labute approximate surface area is 146 Å². The highest BCUT2D eigenvalue weighted by molar-refractivity contribution is 7.09. The van der Waals surface area contributed by atoms with Gasteiger partial charge in [0.05, 0.1) is 10.7 Å². The molecule has 1 aliphatic heterocycles. The van der Waals surface area contributed by atoms with Crippen LogP contribution in [0.25, 0.3) is 0 Å². The number of rotatable bonds is 6. The van der Waals surface area contributed by atoms with Crippen molar-refractivity contribution >= 4 is 17.0 Å². The first-order valence-electron chi connectivity index (χ1n) is 8.24. The summed E-state index contributed by atoms with van der Waals surface area (Å²) in [6.45, 7) is 3.06. The Balaban J connectivity index is 1.60. The second-order valence-corrected chi connectivity index (χ2v) is 6.91. The van der Waals surface area contributed by atoms with Crippen molar-refractivity contribution in [2.45, 2.75) is 25.2 Å². The Morgan fingerprint density at radius 3 is 2.96 bits per heavy atom. The number of hydrogen-bond donors (Lipinski definition) is 0. The molecule has 1 saturated heterocycles. The number of benzene rings is 1. The van der Waals surface area contributed by atoms with E-state index in [1.807, 2.05) is 11.6 Å². The maximum atomic E-state index is 13.1. The van der Waals surface area contributed by atoms with Crippen LogP contribution in [-0.4, -0.2) is 42.3 Å². The van der Waals surface area contributed by atoms with Gasteiger partial charge in [-0.2, -0.15) is 0 Å². The molecule has 0 aliphatic carbocycles. The smallest absolute Gasteiger partial charge is 0.123 e. The van der Waals surface area contributed by atoms with Gasteiger partial charge in [-0.3, -0.25) is 0 Å². The van der Waals surface area contributed by atoms with Crippen LogP contribution in [0.3, 0.4) is 0 Å². The predicted molar refractivity (Wildman–Crippen MR) is 95.1 cm³/mol. The number of oxime groups is 1. The SMILES string of the molecule is CON=C(CCN1CCCC(c2nccs2)C1)c1ccc(F)cc1. The fraction of sp³-hybridized carbons (Fsp3) is 0.444. The zero-order chi connectivity index (χ0) is 16.8. The van der Waals surface area contributed by atoms with Gasteiger partial charge in [0.15, 0.2) is 0 Å². The van der Waals surface area contributed by atoms with Crippen LogP contribution in [0.1, 0.15) is 35.8 Å². The molecule has 0 radical (unpaired) electrons. The Morgan fingerprint density at radius 1 is 1.42 bits per heavy atom. The van der Waals surface area contributed by atoms with Crippen molar-refractivity contribution in [3.8, 4) is 0 Å². The third-order valence-electron chi connectivity index (χ3n) is 4.35. The fourth-order valence-corrected chi connectivity index (χ4v) is 3.92. The zero-order valence-corrected chi connectivity index (χ0v) is 14.6. The standard InChI is InChI=1S/C18H22FN3OS/c1-23-21-17(14-4-6-16(19)7-5-14)8-11-22-10-2-3-15(13-22)18-20-9-12-24-18/h4-7,9,12,15H,2-3,8,10-11,13H2,1H3. The van der Waals surface area contributed by atoms with E-state index in [0.29, 0.717) is 5.92 Å². The van der Waals surface area contributed by atoms with Crippen molar-refractivity contribution in [3.63, 3.8) is 0 Å². The van der Waals surface area contributed by atoms with Gasteiger partial charge >= 0.3 is 0 Å². The van der Waals surface area contributed by atoms with E-state index < -0.39 is 0 Å². The van der Waals surface area contributed by atoms with Gasteiger partial charge in [0.2, 0.25) is 0 Å². The van der Waals surface area contributed by atoms with Crippen molar-refractivity contribution < 1.29 is 9.23 Å². The van der Waals surface area contributed by atoms with E-state index in [4.69, 9.17) is 4.84 Å². The molecule has 0 bridgehead atoms. The van der Waals surface area contributed by atoms with Gasteiger partial charge in [0.25, 0.3) is 0 Å². The molecule has 0 amide bonds. The van der Waals surface area contributed by atoms with Gasteiger partial charge in [0, 0.05) is 37.0 Å². The summed E-state index contributed by atoms with van der Waals surface area (Å²) in [6, 6.07) is 6.42. The number of halogens is 1. The molecule has 0 saturated carbocycles. The molecule has 1 aliphatic rings. The van der Waals surface area contributed by atoms with E-state index in [1.54, 1.807) is 30.6 Å². The summed E-state index contributed by atoms with van der Waals surface area (Å²) in [5, 5.41) is 7.42. The maximum absolute atomic E-state index is 13.1. The summed E-state index contributed by atoms with van der Waals surface area (Å²) in [5.74, 6) is 0.297. The van der Waals surface area contributed by atoms with E-state index in [1.165, 1.54) is 30.0 Å². The molecule has 2 heterocycles. The van der Waals surface area contributed by atoms with Crippen LogP contribution in [0.2, 0.25) is 0 Å². The summed E-state index contributed by atoms with van der Waals surface area (Å²) in [5.41, 5.74) is 1.76. The first kappa shape index (κ1) is 17.0. The minimum atomic E-state index is -0.238. The van der Waals surface area contributed by atoms with E-state index in [-0.39, 0.29) is 5.82 Å². The van der Waals surface area contributed by atoms with Gasteiger partial charge in [-0.25, -0.2) is 9.37 Å². The average Bonchev–Trinajstić information content (AvgIpc) is 3.14. The number of nitrogens with zero attached hydrogens (tertiary/aromatic N) is 3. The topological polar surface area (TPSA) is 37.7 Å². The number of piperidine rings is 1. The van der Waals surface area contributed by atoms with Crippen LogP contribution in [0.5, 0.6) is 0 Å². The molecular formula is C18H22FN3OS. The van der Waals surface area contributed by atoms with Gasteiger partial charge in [-0.15, -0.1) is 11.3 Å². The summed E-state index contributed by atoms with van der Waals surface area (Å²) < 4.78 is 13.1. The van der Waals surface area contributed by atoms with Gasteiger partial charge < -0.3 is 9.74 Å².